The van der Waals surface area contributed by atoms with Crippen LogP contribution in [0.1, 0.15) is 35.2 Å². The summed E-state index contributed by atoms with van der Waals surface area (Å²) in [5, 5.41) is 14.2. The zero-order valence-corrected chi connectivity index (χ0v) is 12.0. The molecule has 0 atom stereocenters. The number of hydrogen-bond donors (Lipinski definition) is 3. The van der Waals surface area contributed by atoms with Gasteiger partial charge in [0.25, 0.3) is 0 Å². The Kier molecular flexibility index (Phi) is 3.97. The predicted octanol–water partition coefficient (Wildman–Crippen LogP) is 1.55. The summed E-state index contributed by atoms with van der Waals surface area (Å²) in [5.41, 5.74) is 0.256. The van der Waals surface area contributed by atoms with Crippen molar-refractivity contribution in [3.05, 3.63) is 29.3 Å². The summed E-state index contributed by atoms with van der Waals surface area (Å²) in [7, 11) is 1.52. The second kappa shape index (κ2) is 5.55. The summed E-state index contributed by atoms with van der Waals surface area (Å²) in [6.07, 6.45) is 1.91. The third-order valence-corrected chi connectivity index (χ3v) is 4.02. The number of nitrogens with one attached hydrogen (secondary N) is 2. The Morgan fingerprint density at radius 2 is 1.86 bits per heavy atom. The summed E-state index contributed by atoms with van der Waals surface area (Å²) in [4.78, 5) is 35.2. The Hall–Kier alpha value is -2.37. The first-order valence-electron chi connectivity index (χ1n) is 6.78. The first-order valence-corrected chi connectivity index (χ1v) is 6.78. The lowest BCUT2D eigenvalue weighted by Gasteiger charge is -2.38. The van der Waals surface area contributed by atoms with Crippen LogP contribution in [0.15, 0.2) is 18.2 Å². The van der Waals surface area contributed by atoms with Crippen LogP contribution in [0.3, 0.4) is 0 Å². The molecule has 1 aromatic rings. The molecule has 0 spiro atoms. The molecule has 0 aliphatic heterocycles. The summed E-state index contributed by atoms with van der Waals surface area (Å²) in [6, 6.07) is 4.57. The van der Waals surface area contributed by atoms with Crippen LogP contribution in [-0.4, -0.2) is 29.9 Å². The number of carboxylic acids is 1. The minimum atomic E-state index is -1.01. The molecule has 21 heavy (non-hydrogen) atoms. The van der Waals surface area contributed by atoms with Crippen LogP contribution in [0.5, 0.6) is 0 Å². The van der Waals surface area contributed by atoms with Crippen LogP contribution < -0.4 is 10.6 Å². The van der Waals surface area contributed by atoms with Crippen molar-refractivity contribution in [3.8, 4) is 0 Å². The number of anilines is 1. The van der Waals surface area contributed by atoms with Crippen LogP contribution in [0.4, 0.5) is 5.69 Å². The normalized spacial score (nSPS) is 15.7. The number of aromatic carboxylic acids is 1. The number of carboxylic acid groups (broad SMARTS) is 1. The van der Waals surface area contributed by atoms with E-state index in [1.165, 1.54) is 19.2 Å². The van der Waals surface area contributed by atoms with Gasteiger partial charge in [0, 0.05) is 12.7 Å². The molecule has 0 saturated heterocycles. The smallest absolute Gasteiger partial charge is 0.335 e. The van der Waals surface area contributed by atoms with Crippen LogP contribution >= 0.6 is 0 Å². The Morgan fingerprint density at radius 3 is 2.29 bits per heavy atom. The molecule has 1 fully saturated rings. The minimum absolute atomic E-state index is 0.192. The van der Waals surface area contributed by atoms with Gasteiger partial charge in [0.05, 0.1) is 5.56 Å². The van der Waals surface area contributed by atoms with Gasteiger partial charge in [-0.25, -0.2) is 4.79 Å². The zero-order chi connectivity index (χ0) is 15.6. The van der Waals surface area contributed by atoms with Gasteiger partial charge < -0.3 is 15.7 Å². The summed E-state index contributed by atoms with van der Waals surface area (Å²) in [6.45, 7) is 1.66. The lowest BCUT2D eigenvalue weighted by molar-refractivity contribution is -0.146. The molecule has 0 bridgehead atoms. The van der Waals surface area contributed by atoms with Crippen LogP contribution in [0, 0.1) is 12.3 Å². The van der Waals surface area contributed by atoms with Gasteiger partial charge in [0.2, 0.25) is 11.8 Å². The van der Waals surface area contributed by atoms with E-state index in [-0.39, 0.29) is 17.4 Å². The Bertz CT molecular complexity index is 606. The van der Waals surface area contributed by atoms with Crippen molar-refractivity contribution in [2.45, 2.75) is 26.2 Å². The highest BCUT2D eigenvalue weighted by Gasteiger charge is 2.50. The van der Waals surface area contributed by atoms with Crippen molar-refractivity contribution in [2.75, 3.05) is 12.4 Å². The maximum atomic E-state index is 12.4. The third kappa shape index (κ3) is 2.61. The maximum Gasteiger partial charge on any atom is 0.335 e. The highest BCUT2D eigenvalue weighted by molar-refractivity contribution is 6.11. The van der Waals surface area contributed by atoms with E-state index < -0.39 is 11.4 Å². The Labute approximate surface area is 122 Å². The van der Waals surface area contributed by atoms with E-state index in [1.54, 1.807) is 13.0 Å². The monoisotopic (exact) mass is 290 g/mol. The van der Waals surface area contributed by atoms with E-state index in [1.807, 2.05) is 0 Å². The minimum Gasteiger partial charge on any atom is -0.478 e. The molecule has 2 rings (SSSR count). The van der Waals surface area contributed by atoms with Crippen molar-refractivity contribution >= 4 is 23.5 Å². The summed E-state index contributed by atoms with van der Waals surface area (Å²) >= 11 is 0. The van der Waals surface area contributed by atoms with Gasteiger partial charge >= 0.3 is 5.97 Å². The lowest BCUT2D eigenvalue weighted by atomic mass is 9.67. The number of carbonyl (C=O) groups excluding carboxylic acids is 2. The molecular formula is C15H18N2O4. The van der Waals surface area contributed by atoms with Crippen molar-refractivity contribution in [1.29, 1.82) is 0 Å². The third-order valence-electron chi connectivity index (χ3n) is 4.02. The molecular weight excluding hydrogens is 272 g/mol. The van der Waals surface area contributed by atoms with Gasteiger partial charge in [-0.3, -0.25) is 9.59 Å². The predicted molar refractivity (Wildman–Crippen MR) is 77.1 cm³/mol. The van der Waals surface area contributed by atoms with E-state index in [0.717, 1.165) is 6.42 Å². The molecule has 1 aliphatic rings. The molecule has 0 aromatic heterocycles. The molecule has 1 aliphatic carbocycles. The van der Waals surface area contributed by atoms with E-state index >= 15 is 0 Å². The molecule has 0 radical (unpaired) electrons. The molecule has 6 nitrogen and oxygen atoms in total. The maximum absolute atomic E-state index is 12.4. The van der Waals surface area contributed by atoms with E-state index in [0.29, 0.717) is 24.1 Å². The SMILES string of the molecule is CNC(=O)C1(C(=O)Nc2ccc(C(=O)O)c(C)c2)CCC1. The highest BCUT2D eigenvalue weighted by Crippen LogP contribution is 2.42. The van der Waals surface area contributed by atoms with Crippen molar-refractivity contribution in [1.82, 2.24) is 5.32 Å². The number of carbonyl (C=O) groups is 3. The van der Waals surface area contributed by atoms with Crippen molar-refractivity contribution in [3.63, 3.8) is 0 Å². The number of aryl methyl sites for hydroxylation is 1. The molecule has 2 amide bonds. The quantitative estimate of drug-likeness (QED) is 0.733. The summed E-state index contributed by atoms with van der Waals surface area (Å²) in [5.74, 6) is -1.62. The van der Waals surface area contributed by atoms with E-state index in [2.05, 4.69) is 10.6 Å². The molecule has 1 saturated carbocycles. The number of amides is 2. The van der Waals surface area contributed by atoms with E-state index in [9.17, 15) is 14.4 Å². The fraction of sp³-hybridized carbons (Fsp3) is 0.400. The second-order valence-electron chi connectivity index (χ2n) is 5.30. The van der Waals surface area contributed by atoms with Gasteiger partial charge in [-0.15, -0.1) is 0 Å². The number of hydrogen-bond acceptors (Lipinski definition) is 3. The molecule has 0 heterocycles. The standard InChI is InChI=1S/C15H18N2O4/c1-9-8-10(4-5-11(9)12(18)19)17-14(21)15(6-3-7-15)13(20)16-2/h4-5,8H,3,6-7H2,1-2H3,(H,16,20)(H,17,21)(H,18,19). The van der Waals surface area contributed by atoms with Crippen molar-refractivity contribution in [2.24, 2.45) is 5.41 Å². The zero-order valence-electron chi connectivity index (χ0n) is 12.0. The van der Waals surface area contributed by atoms with Gasteiger partial charge in [-0.1, -0.05) is 6.42 Å². The Balaban J connectivity index is 2.18. The number of rotatable bonds is 4. The molecule has 6 heteroatoms. The molecule has 0 unspecified atom stereocenters. The van der Waals surface area contributed by atoms with Gasteiger partial charge in [-0.05, 0) is 43.5 Å². The molecule has 1 aromatic carbocycles. The van der Waals surface area contributed by atoms with E-state index in [4.69, 9.17) is 5.11 Å². The van der Waals surface area contributed by atoms with Gasteiger partial charge in [0.15, 0.2) is 0 Å². The van der Waals surface area contributed by atoms with Gasteiger partial charge in [-0.2, -0.15) is 0 Å². The fourth-order valence-electron chi connectivity index (χ4n) is 2.56. The average molecular weight is 290 g/mol. The first kappa shape index (κ1) is 15.0. The van der Waals surface area contributed by atoms with Crippen molar-refractivity contribution < 1.29 is 19.5 Å². The fourth-order valence-corrected chi connectivity index (χ4v) is 2.56. The first-order chi connectivity index (χ1) is 9.90. The number of benzene rings is 1. The summed E-state index contributed by atoms with van der Waals surface area (Å²) < 4.78 is 0. The average Bonchev–Trinajstić information content (AvgIpc) is 2.36. The second-order valence-corrected chi connectivity index (χ2v) is 5.30. The molecule has 112 valence electrons. The van der Waals surface area contributed by atoms with Crippen LogP contribution in [0.25, 0.3) is 0 Å². The molecule has 3 N–H and O–H groups in total. The highest BCUT2D eigenvalue weighted by atomic mass is 16.4. The van der Waals surface area contributed by atoms with Gasteiger partial charge in [0.1, 0.15) is 5.41 Å². The van der Waals surface area contributed by atoms with Crippen LogP contribution in [-0.2, 0) is 9.59 Å². The lowest BCUT2D eigenvalue weighted by Crippen LogP contribution is -2.52. The topological polar surface area (TPSA) is 95.5 Å². The van der Waals surface area contributed by atoms with Crippen LogP contribution in [0.2, 0.25) is 0 Å². The largest absolute Gasteiger partial charge is 0.478 e. The Morgan fingerprint density at radius 1 is 1.19 bits per heavy atom.